The van der Waals surface area contributed by atoms with Crippen molar-refractivity contribution in [2.45, 2.75) is 31.7 Å². The summed E-state index contributed by atoms with van der Waals surface area (Å²) in [6.07, 6.45) is 2.37. The van der Waals surface area contributed by atoms with Gasteiger partial charge in [-0.25, -0.2) is 0 Å². The number of rotatable bonds is 6. The van der Waals surface area contributed by atoms with Gasteiger partial charge in [0.2, 0.25) is 5.91 Å². The van der Waals surface area contributed by atoms with Crippen LogP contribution in [0.25, 0.3) is 0 Å². The molecule has 0 atom stereocenters. The predicted molar refractivity (Wildman–Crippen MR) is 114 cm³/mol. The lowest BCUT2D eigenvalue weighted by molar-refractivity contribution is -0.114. The Kier molecular flexibility index (Phi) is 6.16. The van der Waals surface area contributed by atoms with Crippen LogP contribution in [-0.2, 0) is 16.8 Å². The number of halogens is 1. The van der Waals surface area contributed by atoms with Gasteiger partial charge in [0.1, 0.15) is 0 Å². The highest BCUT2D eigenvalue weighted by molar-refractivity contribution is 9.10. The molecular weight excluding hydrogens is 404 g/mol. The van der Waals surface area contributed by atoms with E-state index in [0.717, 1.165) is 28.2 Å². The first kappa shape index (κ1) is 19.4. The summed E-state index contributed by atoms with van der Waals surface area (Å²) >= 11 is 3.56. The summed E-state index contributed by atoms with van der Waals surface area (Å²) < 4.78 is 1.12. The van der Waals surface area contributed by atoms with E-state index in [1.165, 1.54) is 25.3 Å². The maximum atomic E-state index is 11.2. The normalized spacial score (nSPS) is 15.1. The van der Waals surface area contributed by atoms with E-state index in [2.05, 4.69) is 61.1 Å². The molecule has 0 aliphatic heterocycles. The summed E-state index contributed by atoms with van der Waals surface area (Å²) in [6.45, 7) is 3.00. The van der Waals surface area contributed by atoms with Gasteiger partial charge in [0, 0.05) is 42.6 Å². The van der Waals surface area contributed by atoms with Gasteiger partial charge in [0.25, 0.3) is 0 Å². The van der Waals surface area contributed by atoms with Crippen molar-refractivity contribution >= 4 is 33.5 Å². The van der Waals surface area contributed by atoms with Gasteiger partial charge in [0.05, 0.1) is 0 Å². The highest BCUT2D eigenvalue weighted by atomic mass is 79.9. The Morgan fingerprint density at radius 1 is 1.15 bits per heavy atom. The van der Waals surface area contributed by atoms with E-state index in [0.29, 0.717) is 6.54 Å². The number of amides is 1. The summed E-state index contributed by atoms with van der Waals surface area (Å²) in [5.41, 5.74) is 3.45. The molecule has 1 aliphatic carbocycles. The molecule has 0 spiro atoms. The standard InChI is InChI=1S/C21H25BrN4O/c1-15(27)26-19-8-3-5-16(11-19)13-24-20(23-2)25-14-21(9-10-21)17-6-4-7-18(22)12-17/h3-8,11-12H,9-10,13-14H2,1-2H3,(H,26,27)(H2,23,24,25). The van der Waals surface area contributed by atoms with Gasteiger partial charge in [-0.15, -0.1) is 0 Å². The number of anilines is 1. The molecule has 5 nitrogen and oxygen atoms in total. The summed E-state index contributed by atoms with van der Waals surface area (Å²) in [6, 6.07) is 16.4. The van der Waals surface area contributed by atoms with Crippen molar-refractivity contribution in [1.82, 2.24) is 10.6 Å². The van der Waals surface area contributed by atoms with E-state index >= 15 is 0 Å². The number of guanidine groups is 1. The van der Waals surface area contributed by atoms with Crippen molar-refractivity contribution in [3.63, 3.8) is 0 Å². The molecular formula is C21H25BrN4O. The quantitative estimate of drug-likeness (QED) is 0.484. The molecule has 6 heteroatoms. The van der Waals surface area contributed by atoms with Crippen molar-refractivity contribution in [1.29, 1.82) is 0 Å². The van der Waals surface area contributed by atoms with Crippen LogP contribution in [0.15, 0.2) is 58.0 Å². The fourth-order valence-corrected chi connectivity index (χ4v) is 3.56. The third-order valence-corrected chi connectivity index (χ3v) is 5.31. The SMILES string of the molecule is CN=C(NCc1cccc(NC(C)=O)c1)NCC1(c2cccc(Br)c2)CC1. The number of carbonyl (C=O) groups excluding carboxylic acids is 1. The maximum Gasteiger partial charge on any atom is 0.221 e. The highest BCUT2D eigenvalue weighted by Gasteiger charge is 2.44. The molecule has 2 aromatic rings. The van der Waals surface area contributed by atoms with Crippen molar-refractivity contribution in [2.75, 3.05) is 18.9 Å². The molecule has 27 heavy (non-hydrogen) atoms. The van der Waals surface area contributed by atoms with Crippen LogP contribution in [0.5, 0.6) is 0 Å². The molecule has 0 heterocycles. The van der Waals surface area contributed by atoms with Crippen LogP contribution in [0.4, 0.5) is 5.69 Å². The van der Waals surface area contributed by atoms with Gasteiger partial charge in [-0.3, -0.25) is 9.79 Å². The average molecular weight is 429 g/mol. The molecule has 1 fully saturated rings. The molecule has 0 bridgehead atoms. The highest BCUT2D eigenvalue weighted by Crippen LogP contribution is 2.48. The second-order valence-corrected chi connectivity index (χ2v) is 7.87. The van der Waals surface area contributed by atoms with E-state index in [9.17, 15) is 4.79 Å². The first-order valence-electron chi connectivity index (χ1n) is 9.08. The first-order chi connectivity index (χ1) is 13.0. The van der Waals surface area contributed by atoms with Gasteiger partial charge in [0.15, 0.2) is 5.96 Å². The Labute approximate surface area is 168 Å². The summed E-state index contributed by atoms with van der Waals surface area (Å²) in [5.74, 6) is 0.709. The molecule has 0 radical (unpaired) electrons. The Balaban J connectivity index is 1.55. The molecule has 0 saturated heterocycles. The van der Waals surface area contributed by atoms with E-state index < -0.39 is 0 Å². The molecule has 142 valence electrons. The minimum atomic E-state index is -0.0696. The summed E-state index contributed by atoms with van der Waals surface area (Å²) in [4.78, 5) is 15.5. The zero-order valence-electron chi connectivity index (χ0n) is 15.7. The number of benzene rings is 2. The monoisotopic (exact) mass is 428 g/mol. The number of nitrogens with one attached hydrogen (secondary N) is 3. The van der Waals surface area contributed by atoms with Crippen LogP contribution in [0, 0.1) is 0 Å². The van der Waals surface area contributed by atoms with Gasteiger partial charge in [-0.1, -0.05) is 40.2 Å². The lowest BCUT2D eigenvalue weighted by Gasteiger charge is -2.19. The molecule has 1 saturated carbocycles. The molecule has 3 rings (SSSR count). The van der Waals surface area contributed by atoms with Crippen molar-refractivity contribution in [2.24, 2.45) is 4.99 Å². The van der Waals surface area contributed by atoms with Crippen molar-refractivity contribution < 1.29 is 4.79 Å². The third-order valence-electron chi connectivity index (χ3n) is 4.82. The molecule has 1 amide bonds. The third kappa shape index (κ3) is 5.32. The number of hydrogen-bond donors (Lipinski definition) is 3. The van der Waals surface area contributed by atoms with Crippen LogP contribution >= 0.6 is 15.9 Å². The molecule has 0 unspecified atom stereocenters. The van der Waals surface area contributed by atoms with Crippen LogP contribution in [-0.4, -0.2) is 25.5 Å². The van der Waals surface area contributed by atoms with Crippen LogP contribution < -0.4 is 16.0 Å². The van der Waals surface area contributed by atoms with E-state index in [4.69, 9.17) is 0 Å². The second kappa shape index (κ2) is 8.57. The number of nitrogens with zero attached hydrogens (tertiary/aromatic N) is 1. The van der Waals surface area contributed by atoms with Crippen LogP contribution in [0.3, 0.4) is 0 Å². The van der Waals surface area contributed by atoms with Crippen LogP contribution in [0.2, 0.25) is 0 Å². The lowest BCUT2D eigenvalue weighted by atomic mass is 9.96. The van der Waals surface area contributed by atoms with E-state index in [1.807, 2.05) is 24.3 Å². The van der Waals surface area contributed by atoms with Crippen molar-refractivity contribution in [3.05, 3.63) is 64.1 Å². The van der Waals surface area contributed by atoms with E-state index in [-0.39, 0.29) is 11.3 Å². The second-order valence-electron chi connectivity index (χ2n) is 6.95. The number of aliphatic imine (C=N–C) groups is 1. The van der Waals surface area contributed by atoms with Gasteiger partial charge < -0.3 is 16.0 Å². The van der Waals surface area contributed by atoms with Gasteiger partial charge >= 0.3 is 0 Å². The fourth-order valence-electron chi connectivity index (χ4n) is 3.16. The summed E-state index contributed by atoms with van der Waals surface area (Å²) in [5, 5.41) is 9.61. The Bertz CT molecular complexity index is 846. The minimum Gasteiger partial charge on any atom is -0.356 e. The van der Waals surface area contributed by atoms with Crippen LogP contribution in [0.1, 0.15) is 30.9 Å². The molecule has 2 aromatic carbocycles. The molecule has 3 N–H and O–H groups in total. The maximum absolute atomic E-state index is 11.2. The van der Waals surface area contributed by atoms with Gasteiger partial charge in [-0.2, -0.15) is 0 Å². The first-order valence-corrected chi connectivity index (χ1v) is 9.87. The van der Waals surface area contributed by atoms with Crippen molar-refractivity contribution in [3.8, 4) is 0 Å². The zero-order valence-corrected chi connectivity index (χ0v) is 17.3. The Morgan fingerprint density at radius 3 is 2.59 bits per heavy atom. The van der Waals surface area contributed by atoms with Gasteiger partial charge in [-0.05, 0) is 48.2 Å². The number of hydrogen-bond acceptors (Lipinski definition) is 2. The zero-order chi connectivity index (χ0) is 19.3. The summed E-state index contributed by atoms with van der Waals surface area (Å²) in [7, 11) is 1.78. The average Bonchev–Trinajstić information content (AvgIpc) is 3.43. The predicted octanol–water partition coefficient (Wildman–Crippen LogP) is 3.80. The largest absolute Gasteiger partial charge is 0.356 e. The van der Waals surface area contributed by atoms with E-state index in [1.54, 1.807) is 7.05 Å². The molecule has 1 aliphatic rings. The topological polar surface area (TPSA) is 65.5 Å². The molecule has 0 aromatic heterocycles. The lowest BCUT2D eigenvalue weighted by Crippen LogP contribution is -2.40. The fraction of sp³-hybridized carbons (Fsp3) is 0.333. The Morgan fingerprint density at radius 2 is 1.93 bits per heavy atom. The minimum absolute atomic E-state index is 0.0696. The number of carbonyl (C=O) groups is 1. The smallest absolute Gasteiger partial charge is 0.221 e. The Hall–Kier alpha value is -2.34.